The van der Waals surface area contributed by atoms with E-state index in [-0.39, 0.29) is 5.56 Å². The summed E-state index contributed by atoms with van der Waals surface area (Å²) >= 11 is 6.67. The van der Waals surface area contributed by atoms with Gasteiger partial charge in [0.2, 0.25) is 5.95 Å². The van der Waals surface area contributed by atoms with Gasteiger partial charge in [-0.2, -0.15) is 4.98 Å². The van der Waals surface area contributed by atoms with Crippen LogP contribution in [0, 0.1) is 0 Å². The minimum Gasteiger partial charge on any atom is -0.324 e. The summed E-state index contributed by atoms with van der Waals surface area (Å²) in [5, 5.41) is 4.50. The van der Waals surface area contributed by atoms with Crippen molar-refractivity contribution in [3.05, 3.63) is 100 Å². The number of anilines is 2. The van der Waals surface area contributed by atoms with Gasteiger partial charge in [0.15, 0.2) is 0 Å². The zero-order valence-electron chi connectivity index (χ0n) is 20.9. The molecule has 0 radical (unpaired) electrons. The Bertz CT molecular complexity index is 1610. The molecule has 8 heteroatoms. The van der Waals surface area contributed by atoms with Gasteiger partial charge in [-0.3, -0.25) is 14.3 Å². The molecule has 2 aromatic carbocycles. The molecule has 1 N–H and O–H groups in total. The van der Waals surface area contributed by atoms with E-state index in [1.807, 2.05) is 69.6 Å². The summed E-state index contributed by atoms with van der Waals surface area (Å²) in [6, 6.07) is 19.5. The van der Waals surface area contributed by atoms with Gasteiger partial charge in [0, 0.05) is 64.5 Å². The van der Waals surface area contributed by atoms with E-state index in [1.165, 1.54) is 5.56 Å². The average molecular weight is 511 g/mol. The Hall–Kier alpha value is -4.07. The van der Waals surface area contributed by atoms with E-state index < -0.39 is 0 Å². The highest BCUT2D eigenvalue weighted by Gasteiger charge is 2.15. The van der Waals surface area contributed by atoms with Gasteiger partial charge < -0.3 is 10.2 Å². The quantitative estimate of drug-likeness (QED) is 0.289. The highest BCUT2D eigenvalue weighted by Crippen LogP contribution is 2.32. The number of aromatic nitrogens is 4. The van der Waals surface area contributed by atoms with Crippen LogP contribution in [0.15, 0.2) is 84.0 Å². The molecular weight excluding hydrogens is 484 g/mol. The molecule has 0 saturated heterocycles. The van der Waals surface area contributed by atoms with Gasteiger partial charge in [-0.05, 0) is 62.5 Å². The summed E-state index contributed by atoms with van der Waals surface area (Å²) in [4.78, 5) is 29.0. The second-order valence-electron chi connectivity index (χ2n) is 9.08. The average Bonchev–Trinajstić information content (AvgIpc) is 2.90. The fraction of sp³-hybridized carbons (Fsp3) is 0.172. The molecule has 0 aliphatic rings. The predicted octanol–water partition coefficient (Wildman–Crippen LogP) is 6.00. The first-order valence-electron chi connectivity index (χ1n) is 12.0. The molecule has 7 nitrogen and oxygen atoms in total. The van der Waals surface area contributed by atoms with Crippen LogP contribution in [-0.4, -0.2) is 38.5 Å². The Kier molecular flexibility index (Phi) is 6.99. The minimum atomic E-state index is -0.149. The molecule has 5 rings (SSSR count). The predicted molar refractivity (Wildman–Crippen MR) is 150 cm³/mol. The first-order chi connectivity index (χ1) is 17.9. The number of rotatable bonds is 7. The first-order valence-corrected chi connectivity index (χ1v) is 12.4. The maximum atomic E-state index is 13.5. The third-order valence-corrected chi connectivity index (χ3v) is 6.42. The molecule has 0 saturated carbocycles. The molecule has 3 aromatic heterocycles. The lowest BCUT2D eigenvalue weighted by molar-refractivity contribution is 0.402. The van der Waals surface area contributed by atoms with Crippen LogP contribution in [0.3, 0.4) is 0 Å². The van der Waals surface area contributed by atoms with Gasteiger partial charge in [0.1, 0.15) is 5.65 Å². The zero-order chi connectivity index (χ0) is 25.9. The van der Waals surface area contributed by atoms with Gasteiger partial charge >= 0.3 is 0 Å². The minimum absolute atomic E-state index is 0.149. The normalized spacial score (nSPS) is 11.3. The van der Waals surface area contributed by atoms with Crippen LogP contribution in [0.5, 0.6) is 0 Å². The molecule has 0 bridgehead atoms. The van der Waals surface area contributed by atoms with Crippen molar-refractivity contribution in [2.24, 2.45) is 0 Å². The van der Waals surface area contributed by atoms with E-state index in [1.54, 1.807) is 23.2 Å². The molecule has 37 heavy (non-hydrogen) atoms. The van der Waals surface area contributed by atoms with E-state index in [0.717, 1.165) is 28.7 Å². The number of benzene rings is 2. The van der Waals surface area contributed by atoms with Crippen LogP contribution in [0.2, 0.25) is 5.02 Å². The lowest BCUT2D eigenvalue weighted by Crippen LogP contribution is -2.22. The molecule has 0 aliphatic carbocycles. The molecular formula is C29H27ClN6O. The summed E-state index contributed by atoms with van der Waals surface area (Å²) in [5.74, 6) is 0.432. The van der Waals surface area contributed by atoms with E-state index in [2.05, 4.69) is 37.3 Å². The fourth-order valence-corrected chi connectivity index (χ4v) is 4.62. The standard InChI is InChI=1S/C29H27ClN6O/c1-4-36-27-22(17-32-29(34-27)33-23-10-7-19(8-11-23)18-35(2)3)14-25(28(36)37)24-12-9-20(15-26(24)30)21-6-5-13-31-16-21/h5-17H,4,18H2,1-3H3,(H,32,33,34). The van der Waals surface area contributed by atoms with Crippen LogP contribution < -0.4 is 10.9 Å². The second kappa shape index (κ2) is 10.5. The van der Waals surface area contributed by atoms with Gasteiger partial charge in [0.25, 0.3) is 5.56 Å². The van der Waals surface area contributed by atoms with Crippen LogP contribution in [0.1, 0.15) is 12.5 Å². The van der Waals surface area contributed by atoms with Crippen molar-refractivity contribution in [2.75, 3.05) is 19.4 Å². The third kappa shape index (κ3) is 5.23. The fourth-order valence-electron chi connectivity index (χ4n) is 4.34. The molecule has 3 heterocycles. The summed E-state index contributed by atoms with van der Waals surface area (Å²) in [6.07, 6.45) is 5.25. The number of nitrogens with one attached hydrogen (secondary N) is 1. The van der Waals surface area contributed by atoms with Gasteiger partial charge in [0.05, 0.1) is 0 Å². The second-order valence-corrected chi connectivity index (χ2v) is 9.48. The maximum absolute atomic E-state index is 13.5. The number of aryl methyl sites for hydroxylation is 1. The molecule has 0 spiro atoms. The maximum Gasteiger partial charge on any atom is 0.260 e. The number of hydrogen-bond donors (Lipinski definition) is 1. The van der Waals surface area contributed by atoms with Crippen LogP contribution in [0.25, 0.3) is 33.3 Å². The number of nitrogens with zero attached hydrogens (tertiary/aromatic N) is 5. The van der Waals surface area contributed by atoms with Crippen LogP contribution in [-0.2, 0) is 13.1 Å². The van der Waals surface area contributed by atoms with Crippen molar-refractivity contribution in [3.63, 3.8) is 0 Å². The lowest BCUT2D eigenvalue weighted by atomic mass is 10.0. The van der Waals surface area contributed by atoms with E-state index in [9.17, 15) is 4.79 Å². The van der Waals surface area contributed by atoms with Crippen LogP contribution >= 0.6 is 11.6 Å². The Balaban J connectivity index is 1.49. The Morgan fingerprint density at radius 2 is 1.78 bits per heavy atom. The number of pyridine rings is 2. The van der Waals surface area contributed by atoms with Crippen molar-refractivity contribution in [1.29, 1.82) is 0 Å². The monoisotopic (exact) mass is 510 g/mol. The third-order valence-electron chi connectivity index (χ3n) is 6.11. The Morgan fingerprint density at radius 3 is 2.46 bits per heavy atom. The number of fused-ring (bicyclic) bond motifs is 1. The van der Waals surface area contributed by atoms with Gasteiger partial charge in [-0.1, -0.05) is 41.9 Å². The molecule has 5 aromatic rings. The van der Waals surface area contributed by atoms with Crippen molar-refractivity contribution in [3.8, 4) is 22.3 Å². The van der Waals surface area contributed by atoms with E-state index in [0.29, 0.717) is 34.3 Å². The number of halogens is 1. The molecule has 0 aliphatic heterocycles. The molecule has 186 valence electrons. The summed E-state index contributed by atoms with van der Waals surface area (Å²) in [7, 11) is 4.08. The van der Waals surface area contributed by atoms with Gasteiger partial charge in [-0.15, -0.1) is 0 Å². The van der Waals surface area contributed by atoms with Crippen molar-refractivity contribution in [1.82, 2.24) is 24.4 Å². The molecule has 0 atom stereocenters. The SMILES string of the molecule is CCn1c(=O)c(-c2ccc(-c3cccnc3)cc2Cl)cc2cnc(Nc3ccc(CN(C)C)cc3)nc21. The van der Waals surface area contributed by atoms with Crippen molar-refractivity contribution in [2.45, 2.75) is 20.0 Å². The summed E-state index contributed by atoms with van der Waals surface area (Å²) in [6.45, 7) is 3.26. The first kappa shape index (κ1) is 24.6. The van der Waals surface area contributed by atoms with Crippen LogP contribution in [0.4, 0.5) is 11.6 Å². The highest BCUT2D eigenvalue weighted by molar-refractivity contribution is 6.33. The topological polar surface area (TPSA) is 75.9 Å². The van der Waals surface area contributed by atoms with Crippen molar-refractivity contribution < 1.29 is 0 Å². The molecule has 0 amide bonds. The van der Waals surface area contributed by atoms with E-state index in [4.69, 9.17) is 11.6 Å². The Morgan fingerprint density at radius 1 is 0.973 bits per heavy atom. The zero-order valence-corrected chi connectivity index (χ0v) is 21.7. The summed E-state index contributed by atoms with van der Waals surface area (Å²) < 4.78 is 1.66. The summed E-state index contributed by atoms with van der Waals surface area (Å²) in [5.41, 5.74) is 5.60. The smallest absolute Gasteiger partial charge is 0.260 e. The van der Waals surface area contributed by atoms with Crippen molar-refractivity contribution >= 4 is 34.3 Å². The highest BCUT2D eigenvalue weighted by atomic mass is 35.5. The molecule has 0 fully saturated rings. The number of hydrogen-bond acceptors (Lipinski definition) is 6. The molecule has 0 unspecified atom stereocenters. The van der Waals surface area contributed by atoms with E-state index >= 15 is 0 Å². The lowest BCUT2D eigenvalue weighted by Gasteiger charge is -2.14. The Labute approximate surface area is 220 Å². The van der Waals surface area contributed by atoms with Gasteiger partial charge in [-0.25, -0.2) is 4.98 Å². The largest absolute Gasteiger partial charge is 0.324 e.